The Labute approximate surface area is 124 Å². The Morgan fingerprint density at radius 1 is 1.10 bits per heavy atom. The number of benzene rings is 1. The molecule has 1 aromatic rings. The maximum atomic E-state index is 12.8. The SMILES string of the molecule is CC(N[C@H](C)C1CCCCC1)c1cccc(C(F)(F)F)c1. The predicted molar refractivity (Wildman–Crippen MR) is 79.0 cm³/mol. The lowest BCUT2D eigenvalue weighted by atomic mass is 9.84. The summed E-state index contributed by atoms with van der Waals surface area (Å²) in [7, 11) is 0. The van der Waals surface area contributed by atoms with Crippen LogP contribution in [0.25, 0.3) is 0 Å². The average Bonchev–Trinajstić information content (AvgIpc) is 2.47. The lowest BCUT2D eigenvalue weighted by molar-refractivity contribution is -0.137. The maximum Gasteiger partial charge on any atom is 0.416 e. The van der Waals surface area contributed by atoms with Crippen LogP contribution in [0.2, 0.25) is 0 Å². The number of hydrogen-bond donors (Lipinski definition) is 1. The Balaban J connectivity index is 2.01. The van der Waals surface area contributed by atoms with E-state index in [0.29, 0.717) is 17.5 Å². The Hall–Kier alpha value is -1.03. The topological polar surface area (TPSA) is 12.0 Å². The molecule has 1 saturated carbocycles. The molecule has 0 bridgehead atoms. The summed E-state index contributed by atoms with van der Waals surface area (Å²) < 4.78 is 38.3. The van der Waals surface area contributed by atoms with Crippen LogP contribution in [0.4, 0.5) is 13.2 Å². The van der Waals surface area contributed by atoms with Gasteiger partial charge in [0.05, 0.1) is 5.56 Å². The minimum atomic E-state index is -4.27. The minimum absolute atomic E-state index is 0.0655. The first kappa shape index (κ1) is 16.3. The normalized spacial score (nSPS) is 20.2. The van der Waals surface area contributed by atoms with Gasteiger partial charge in [-0.3, -0.25) is 0 Å². The summed E-state index contributed by atoms with van der Waals surface area (Å²) in [5.41, 5.74) is 0.131. The number of rotatable bonds is 4. The van der Waals surface area contributed by atoms with Gasteiger partial charge in [0.2, 0.25) is 0 Å². The van der Waals surface area contributed by atoms with Crippen LogP contribution in [-0.4, -0.2) is 6.04 Å². The molecular weight excluding hydrogens is 275 g/mol. The van der Waals surface area contributed by atoms with E-state index in [-0.39, 0.29) is 6.04 Å². The van der Waals surface area contributed by atoms with Crippen LogP contribution >= 0.6 is 0 Å². The highest BCUT2D eigenvalue weighted by molar-refractivity contribution is 5.27. The summed E-state index contributed by atoms with van der Waals surface area (Å²) in [6.07, 6.45) is 2.04. The van der Waals surface area contributed by atoms with Gasteiger partial charge in [-0.05, 0) is 50.3 Å². The zero-order chi connectivity index (χ0) is 15.5. The molecule has 0 aromatic heterocycles. The minimum Gasteiger partial charge on any atom is -0.307 e. The molecule has 1 N–H and O–H groups in total. The standard InChI is InChI=1S/C17H24F3N/c1-12(14-7-4-3-5-8-14)21-13(2)15-9-6-10-16(11-15)17(18,19)20/h6,9-14,21H,3-5,7-8H2,1-2H3/t12-,13?/m1/s1. The molecule has 21 heavy (non-hydrogen) atoms. The van der Waals surface area contributed by atoms with Gasteiger partial charge >= 0.3 is 6.18 Å². The quantitative estimate of drug-likeness (QED) is 0.793. The van der Waals surface area contributed by atoms with E-state index in [0.717, 1.165) is 6.07 Å². The lowest BCUT2D eigenvalue weighted by Gasteiger charge is -2.31. The van der Waals surface area contributed by atoms with Crippen molar-refractivity contribution in [1.29, 1.82) is 0 Å². The van der Waals surface area contributed by atoms with Crippen molar-refractivity contribution in [2.45, 2.75) is 64.2 Å². The lowest BCUT2D eigenvalue weighted by Crippen LogP contribution is -2.36. The monoisotopic (exact) mass is 299 g/mol. The third-order valence-corrected chi connectivity index (χ3v) is 4.58. The second-order valence-electron chi connectivity index (χ2n) is 6.20. The zero-order valence-corrected chi connectivity index (χ0v) is 12.7. The van der Waals surface area contributed by atoms with Gasteiger partial charge in [-0.2, -0.15) is 13.2 Å². The van der Waals surface area contributed by atoms with Crippen LogP contribution < -0.4 is 5.32 Å². The van der Waals surface area contributed by atoms with Crippen molar-refractivity contribution in [2.75, 3.05) is 0 Å². The van der Waals surface area contributed by atoms with Gasteiger partial charge in [0.1, 0.15) is 0 Å². The van der Waals surface area contributed by atoms with Crippen molar-refractivity contribution in [1.82, 2.24) is 5.32 Å². The molecule has 0 radical (unpaired) electrons. The Morgan fingerprint density at radius 3 is 2.38 bits per heavy atom. The molecule has 1 fully saturated rings. The van der Waals surface area contributed by atoms with E-state index in [4.69, 9.17) is 0 Å². The van der Waals surface area contributed by atoms with Gasteiger partial charge in [-0.1, -0.05) is 31.4 Å². The van der Waals surface area contributed by atoms with Gasteiger partial charge in [0.25, 0.3) is 0 Å². The number of alkyl halides is 3. The van der Waals surface area contributed by atoms with Crippen LogP contribution in [0.15, 0.2) is 24.3 Å². The summed E-state index contributed by atoms with van der Waals surface area (Å²) >= 11 is 0. The molecule has 0 aliphatic heterocycles. The summed E-state index contributed by atoms with van der Waals surface area (Å²) in [6, 6.07) is 5.91. The van der Waals surface area contributed by atoms with Crippen LogP contribution in [0, 0.1) is 5.92 Å². The molecule has 1 aromatic carbocycles. The molecule has 118 valence electrons. The van der Waals surface area contributed by atoms with E-state index in [9.17, 15) is 13.2 Å². The fourth-order valence-corrected chi connectivity index (χ4v) is 3.25. The van der Waals surface area contributed by atoms with E-state index < -0.39 is 11.7 Å². The molecule has 1 unspecified atom stereocenters. The second-order valence-corrected chi connectivity index (χ2v) is 6.20. The van der Waals surface area contributed by atoms with Gasteiger partial charge in [0.15, 0.2) is 0 Å². The molecule has 0 amide bonds. The fourth-order valence-electron chi connectivity index (χ4n) is 3.25. The van der Waals surface area contributed by atoms with E-state index >= 15 is 0 Å². The maximum absolute atomic E-state index is 12.8. The Bertz CT molecular complexity index is 450. The van der Waals surface area contributed by atoms with Crippen LogP contribution in [-0.2, 0) is 6.18 Å². The fraction of sp³-hybridized carbons (Fsp3) is 0.647. The first-order valence-electron chi connectivity index (χ1n) is 7.81. The van der Waals surface area contributed by atoms with Crippen molar-refractivity contribution in [3.63, 3.8) is 0 Å². The summed E-state index contributed by atoms with van der Waals surface area (Å²) in [6.45, 7) is 4.09. The van der Waals surface area contributed by atoms with Crippen molar-refractivity contribution < 1.29 is 13.2 Å². The van der Waals surface area contributed by atoms with Crippen molar-refractivity contribution >= 4 is 0 Å². The van der Waals surface area contributed by atoms with E-state index in [2.05, 4.69) is 12.2 Å². The molecule has 1 nitrogen and oxygen atoms in total. The number of halogens is 3. The summed E-state index contributed by atoms with van der Waals surface area (Å²) in [4.78, 5) is 0. The third kappa shape index (κ3) is 4.47. The van der Waals surface area contributed by atoms with E-state index in [1.165, 1.54) is 44.2 Å². The molecule has 0 saturated heterocycles. The molecule has 2 rings (SSSR count). The molecule has 1 aliphatic carbocycles. The molecule has 2 atom stereocenters. The average molecular weight is 299 g/mol. The van der Waals surface area contributed by atoms with Gasteiger partial charge in [-0.25, -0.2) is 0 Å². The number of hydrogen-bond acceptors (Lipinski definition) is 1. The first-order chi connectivity index (χ1) is 9.88. The van der Waals surface area contributed by atoms with E-state index in [1.807, 2.05) is 6.92 Å². The zero-order valence-electron chi connectivity index (χ0n) is 12.7. The van der Waals surface area contributed by atoms with Crippen molar-refractivity contribution in [3.05, 3.63) is 35.4 Å². The first-order valence-corrected chi connectivity index (χ1v) is 7.81. The third-order valence-electron chi connectivity index (χ3n) is 4.58. The smallest absolute Gasteiger partial charge is 0.307 e. The highest BCUT2D eigenvalue weighted by Gasteiger charge is 2.31. The summed E-state index contributed by atoms with van der Waals surface area (Å²) in [5.74, 6) is 0.645. The summed E-state index contributed by atoms with van der Waals surface area (Å²) in [5, 5.41) is 3.48. The highest BCUT2D eigenvalue weighted by Crippen LogP contribution is 2.31. The van der Waals surface area contributed by atoms with Crippen LogP contribution in [0.3, 0.4) is 0 Å². The highest BCUT2D eigenvalue weighted by atomic mass is 19.4. The Morgan fingerprint density at radius 2 is 1.76 bits per heavy atom. The molecule has 0 spiro atoms. The van der Waals surface area contributed by atoms with Crippen molar-refractivity contribution in [2.24, 2.45) is 5.92 Å². The van der Waals surface area contributed by atoms with Gasteiger partial charge in [-0.15, -0.1) is 0 Å². The van der Waals surface area contributed by atoms with Crippen LogP contribution in [0.5, 0.6) is 0 Å². The largest absolute Gasteiger partial charge is 0.416 e. The molecule has 4 heteroatoms. The van der Waals surface area contributed by atoms with E-state index in [1.54, 1.807) is 6.07 Å². The predicted octanol–water partition coefficient (Wildman–Crippen LogP) is 5.32. The Kier molecular flexibility index (Phi) is 5.31. The number of nitrogens with one attached hydrogen (secondary N) is 1. The molecule has 0 heterocycles. The van der Waals surface area contributed by atoms with Gasteiger partial charge < -0.3 is 5.32 Å². The van der Waals surface area contributed by atoms with Gasteiger partial charge in [0, 0.05) is 12.1 Å². The second kappa shape index (κ2) is 6.82. The van der Waals surface area contributed by atoms with Crippen molar-refractivity contribution in [3.8, 4) is 0 Å². The molecular formula is C17H24F3N. The van der Waals surface area contributed by atoms with Crippen LogP contribution in [0.1, 0.15) is 63.1 Å². The molecule has 1 aliphatic rings.